The average molecular weight is 268 g/mol. The predicted molar refractivity (Wildman–Crippen MR) is 84.1 cm³/mol. The molecule has 0 fully saturated rings. The largest absolute Gasteiger partial charge is 0.358 e. The Kier molecular flexibility index (Phi) is 4.08. The molecule has 0 atom stereocenters. The number of aryl methyl sites for hydroxylation is 2. The average Bonchev–Trinajstić information content (AvgIpc) is 2.73. The Hall–Kier alpha value is -2.29. The van der Waals surface area contributed by atoms with Crippen LogP contribution in [0.1, 0.15) is 21.6 Å². The molecule has 3 nitrogen and oxygen atoms in total. The lowest BCUT2D eigenvalue weighted by Gasteiger charge is -2.19. The number of fused-ring (bicyclic) bond motifs is 1. The van der Waals surface area contributed by atoms with E-state index in [2.05, 4.69) is 25.1 Å². The van der Waals surface area contributed by atoms with E-state index in [1.54, 1.807) is 17.1 Å². The summed E-state index contributed by atoms with van der Waals surface area (Å²) in [6, 6.07) is 5.78. The molecule has 2 rings (SSSR count). The van der Waals surface area contributed by atoms with Crippen LogP contribution in [0.5, 0.6) is 0 Å². The fourth-order valence-electron chi connectivity index (χ4n) is 2.33. The number of hydrogen-bond donors (Lipinski definition) is 1. The number of nitrogens with one attached hydrogen (secondary N) is 1. The van der Waals surface area contributed by atoms with Gasteiger partial charge in [-0.15, -0.1) is 13.2 Å². The minimum absolute atomic E-state index is 0.00459. The van der Waals surface area contributed by atoms with Crippen LogP contribution in [0.2, 0.25) is 0 Å². The van der Waals surface area contributed by atoms with Crippen molar-refractivity contribution in [3.63, 3.8) is 0 Å². The molecule has 0 spiro atoms. The third-order valence-corrected chi connectivity index (χ3v) is 3.54. The number of carbonyl (C=O) groups is 1. The van der Waals surface area contributed by atoms with E-state index in [0.29, 0.717) is 18.7 Å². The third kappa shape index (κ3) is 2.52. The highest BCUT2D eigenvalue weighted by Gasteiger charge is 2.15. The van der Waals surface area contributed by atoms with Crippen LogP contribution in [0.4, 0.5) is 0 Å². The van der Waals surface area contributed by atoms with E-state index < -0.39 is 0 Å². The highest BCUT2D eigenvalue weighted by molar-refractivity contribution is 5.99. The Morgan fingerprint density at radius 3 is 2.50 bits per heavy atom. The second-order valence-electron chi connectivity index (χ2n) is 4.92. The maximum Gasteiger partial charge on any atom is 0.254 e. The van der Waals surface area contributed by atoms with Gasteiger partial charge in [0.1, 0.15) is 0 Å². The Labute approximate surface area is 119 Å². The maximum absolute atomic E-state index is 12.5. The molecule has 0 aliphatic rings. The molecule has 3 heteroatoms. The summed E-state index contributed by atoms with van der Waals surface area (Å²) in [5.74, 6) is 0.00459. The Morgan fingerprint density at radius 2 is 1.90 bits per heavy atom. The summed E-state index contributed by atoms with van der Waals surface area (Å²) in [6.07, 6.45) is 3.46. The second kappa shape index (κ2) is 5.78. The topological polar surface area (TPSA) is 36.1 Å². The van der Waals surface area contributed by atoms with Gasteiger partial charge in [0.05, 0.1) is 0 Å². The zero-order valence-corrected chi connectivity index (χ0v) is 12.1. The fourth-order valence-corrected chi connectivity index (χ4v) is 2.33. The molecule has 0 saturated carbocycles. The molecule has 1 aromatic carbocycles. The standard InChI is InChI=1S/C17H20N2O/c1-5-9-19(10-6-2)17(20)14-7-8-16-15(11-14)12(3)13(4)18-16/h5-8,11,18H,1-2,9-10H2,3-4H3. The summed E-state index contributed by atoms with van der Waals surface area (Å²) in [7, 11) is 0. The van der Waals surface area contributed by atoms with Crippen molar-refractivity contribution in [1.82, 2.24) is 9.88 Å². The van der Waals surface area contributed by atoms with Crippen LogP contribution in [0.25, 0.3) is 10.9 Å². The van der Waals surface area contributed by atoms with Gasteiger partial charge in [-0.05, 0) is 37.6 Å². The molecule has 1 heterocycles. The van der Waals surface area contributed by atoms with Crippen molar-refractivity contribution in [1.29, 1.82) is 0 Å². The van der Waals surface area contributed by atoms with Crippen LogP contribution in [-0.4, -0.2) is 28.9 Å². The SMILES string of the molecule is C=CCN(CC=C)C(=O)c1ccc2[nH]c(C)c(C)c2c1. The van der Waals surface area contributed by atoms with Crippen molar-refractivity contribution in [3.05, 3.63) is 60.3 Å². The molecule has 0 aliphatic heterocycles. The number of nitrogens with zero attached hydrogens (tertiary/aromatic N) is 1. The number of amides is 1. The number of aromatic nitrogens is 1. The molecule has 1 amide bonds. The van der Waals surface area contributed by atoms with Crippen LogP contribution in [0.15, 0.2) is 43.5 Å². The first-order valence-electron chi connectivity index (χ1n) is 6.68. The Bertz CT molecular complexity index is 657. The maximum atomic E-state index is 12.5. The van der Waals surface area contributed by atoms with Crippen molar-refractivity contribution in [3.8, 4) is 0 Å². The number of aromatic amines is 1. The minimum Gasteiger partial charge on any atom is -0.358 e. The van der Waals surface area contributed by atoms with Crippen LogP contribution < -0.4 is 0 Å². The van der Waals surface area contributed by atoms with Crippen molar-refractivity contribution < 1.29 is 4.79 Å². The summed E-state index contributed by atoms with van der Waals surface area (Å²) in [5.41, 5.74) is 4.09. The van der Waals surface area contributed by atoms with Crippen LogP contribution in [0.3, 0.4) is 0 Å². The summed E-state index contributed by atoms with van der Waals surface area (Å²) >= 11 is 0. The molecule has 0 aliphatic carbocycles. The molecule has 0 unspecified atom stereocenters. The third-order valence-electron chi connectivity index (χ3n) is 3.54. The zero-order chi connectivity index (χ0) is 14.7. The van der Waals surface area contributed by atoms with Gasteiger partial charge in [-0.1, -0.05) is 12.2 Å². The Balaban J connectivity index is 2.40. The molecule has 2 aromatic rings. The van der Waals surface area contributed by atoms with E-state index in [4.69, 9.17) is 0 Å². The zero-order valence-electron chi connectivity index (χ0n) is 12.1. The van der Waals surface area contributed by atoms with Gasteiger partial charge in [-0.25, -0.2) is 0 Å². The number of rotatable bonds is 5. The molecule has 0 radical (unpaired) electrons. The van der Waals surface area contributed by atoms with Gasteiger partial charge in [-0.3, -0.25) is 4.79 Å². The van der Waals surface area contributed by atoms with Gasteiger partial charge in [-0.2, -0.15) is 0 Å². The van der Waals surface area contributed by atoms with Gasteiger partial charge in [0.2, 0.25) is 0 Å². The summed E-state index contributed by atoms with van der Waals surface area (Å²) in [4.78, 5) is 17.5. The van der Waals surface area contributed by atoms with E-state index in [0.717, 1.165) is 16.6 Å². The minimum atomic E-state index is 0.00459. The molecule has 1 aromatic heterocycles. The van der Waals surface area contributed by atoms with E-state index >= 15 is 0 Å². The first-order valence-corrected chi connectivity index (χ1v) is 6.68. The van der Waals surface area contributed by atoms with Gasteiger partial charge < -0.3 is 9.88 Å². The summed E-state index contributed by atoms with van der Waals surface area (Å²) in [5, 5.41) is 1.10. The number of H-pyrrole nitrogens is 1. The van der Waals surface area contributed by atoms with E-state index in [1.807, 2.05) is 25.1 Å². The quantitative estimate of drug-likeness (QED) is 0.826. The highest BCUT2D eigenvalue weighted by Crippen LogP contribution is 2.23. The summed E-state index contributed by atoms with van der Waals surface area (Å²) in [6.45, 7) is 12.5. The van der Waals surface area contributed by atoms with Gasteiger partial charge >= 0.3 is 0 Å². The monoisotopic (exact) mass is 268 g/mol. The molecule has 0 bridgehead atoms. The molecular formula is C17H20N2O. The van der Waals surface area contributed by atoms with E-state index in [-0.39, 0.29) is 5.91 Å². The smallest absolute Gasteiger partial charge is 0.254 e. The van der Waals surface area contributed by atoms with Crippen LogP contribution >= 0.6 is 0 Å². The summed E-state index contributed by atoms with van der Waals surface area (Å²) < 4.78 is 0. The predicted octanol–water partition coefficient (Wildman–Crippen LogP) is 3.60. The lowest BCUT2D eigenvalue weighted by Crippen LogP contribution is -2.31. The molecule has 1 N–H and O–H groups in total. The highest BCUT2D eigenvalue weighted by atomic mass is 16.2. The lowest BCUT2D eigenvalue weighted by molar-refractivity contribution is 0.0791. The molecule has 20 heavy (non-hydrogen) atoms. The molecule has 104 valence electrons. The van der Waals surface area contributed by atoms with E-state index in [9.17, 15) is 4.79 Å². The normalized spacial score (nSPS) is 10.5. The molecule has 0 saturated heterocycles. The van der Waals surface area contributed by atoms with Gasteiger partial charge in [0.25, 0.3) is 5.91 Å². The first-order chi connectivity index (χ1) is 9.58. The Morgan fingerprint density at radius 1 is 1.25 bits per heavy atom. The first kappa shape index (κ1) is 14.1. The van der Waals surface area contributed by atoms with Crippen molar-refractivity contribution in [2.24, 2.45) is 0 Å². The van der Waals surface area contributed by atoms with Gasteiger partial charge in [0.15, 0.2) is 0 Å². The van der Waals surface area contributed by atoms with Crippen LogP contribution in [-0.2, 0) is 0 Å². The van der Waals surface area contributed by atoms with Crippen molar-refractivity contribution in [2.45, 2.75) is 13.8 Å². The lowest BCUT2D eigenvalue weighted by atomic mass is 10.1. The van der Waals surface area contributed by atoms with Crippen molar-refractivity contribution >= 4 is 16.8 Å². The number of benzene rings is 1. The molecular weight excluding hydrogens is 248 g/mol. The number of hydrogen-bond acceptors (Lipinski definition) is 1. The second-order valence-corrected chi connectivity index (χ2v) is 4.92. The fraction of sp³-hybridized carbons (Fsp3) is 0.235. The van der Waals surface area contributed by atoms with Gasteiger partial charge in [0, 0.05) is 35.2 Å². The van der Waals surface area contributed by atoms with Crippen molar-refractivity contribution in [2.75, 3.05) is 13.1 Å². The van der Waals surface area contributed by atoms with Crippen LogP contribution in [0, 0.1) is 13.8 Å². The number of carbonyl (C=O) groups excluding carboxylic acids is 1. The van der Waals surface area contributed by atoms with E-state index in [1.165, 1.54) is 5.56 Å².